The first kappa shape index (κ1) is 22.7. The first-order valence-electron chi connectivity index (χ1n) is 10.5. The molecule has 0 amide bonds. The fraction of sp³-hybridized carbons (Fsp3) is 0.375. The maximum absolute atomic E-state index is 12.8. The summed E-state index contributed by atoms with van der Waals surface area (Å²) >= 11 is 0. The van der Waals surface area contributed by atoms with E-state index in [1.165, 1.54) is 6.07 Å². The number of rotatable bonds is 9. The topological polar surface area (TPSA) is 52.1 Å². The second kappa shape index (κ2) is 9.90. The average Bonchev–Trinajstić information content (AvgIpc) is 2.76. The number of carbonyl (C=O) groups excluding carboxylic acids is 1. The minimum absolute atomic E-state index is 0.0233. The minimum atomic E-state index is -4.44. The van der Waals surface area contributed by atoms with Gasteiger partial charge in [-0.1, -0.05) is 39.2 Å². The highest BCUT2D eigenvalue weighted by atomic mass is 19.4. The summed E-state index contributed by atoms with van der Waals surface area (Å²) < 4.78 is 43.5. The third-order valence-electron chi connectivity index (χ3n) is 5.22. The minimum Gasteiger partial charge on any atom is -0.439 e. The first-order valence-corrected chi connectivity index (χ1v) is 10.5. The number of alkyl halides is 3. The van der Waals surface area contributed by atoms with Crippen LogP contribution in [-0.4, -0.2) is 15.8 Å². The number of ketones is 1. The molecule has 1 atom stereocenters. The first-order chi connectivity index (χ1) is 14.8. The van der Waals surface area contributed by atoms with Crippen LogP contribution in [0.2, 0.25) is 0 Å². The van der Waals surface area contributed by atoms with Crippen LogP contribution in [0.3, 0.4) is 0 Å². The number of unbranched alkanes of at least 4 members (excludes halogenated alkanes) is 2. The van der Waals surface area contributed by atoms with Gasteiger partial charge in [0.1, 0.15) is 11.4 Å². The van der Waals surface area contributed by atoms with E-state index in [0.717, 1.165) is 49.8 Å². The lowest BCUT2D eigenvalue weighted by Crippen LogP contribution is -2.15. The summed E-state index contributed by atoms with van der Waals surface area (Å²) in [6.45, 7) is 4.16. The van der Waals surface area contributed by atoms with Crippen molar-refractivity contribution in [1.29, 1.82) is 0 Å². The largest absolute Gasteiger partial charge is 0.439 e. The van der Waals surface area contributed by atoms with E-state index in [2.05, 4.69) is 16.9 Å². The number of aromatic nitrogens is 2. The van der Waals surface area contributed by atoms with Gasteiger partial charge in [-0.05, 0) is 43.2 Å². The predicted molar refractivity (Wildman–Crippen MR) is 113 cm³/mol. The molecule has 3 rings (SSSR count). The lowest BCUT2D eigenvalue weighted by atomic mass is 9.92. The number of ether oxygens (including phenoxy) is 1. The smallest absolute Gasteiger partial charge is 0.417 e. The highest BCUT2D eigenvalue weighted by Gasteiger charge is 2.30. The molecule has 164 valence electrons. The fourth-order valence-corrected chi connectivity index (χ4v) is 3.40. The Morgan fingerprint density at radius 1 is 1.06 bits per heavy atom. The molecular weight excluding hydrogens is 405 g/mol. The van der Waals surface area contributed by atoms with Crippen molar-refractivity contribution < 1.29 is 22.7 Å². The Morgan fingerprint density at radius 3 is 2.52 bits per heavy atom. The maximum Gasteiger partial charge on any atom is 0.417 e. The standard InChI is InChI=1S/C24H25F3N2O2/c1-3-5-6-7-16(4-2)23(30)21-11-8-17-14-19(10-12-20(17)29-21)31-22-13-9-18(15-28-22)24(25,26)27/h8-16H,3-7H2,1-2H3. The van der Waals surface area contributed by atoms with Gasteiger partial charge in [-0.2, -0.15) is 13.2 Å². The number of carbonyl (C=O) groups is 1. The van der Waals surface area contributed by atoms with Crippen molar-refractivity contribution in [3.05, 3.63) is 59.9 Å². The van der Waals surface area contributed by atoms with Gasteiger partial charge in [0.05, 0.1) is 11.1 Å². The van der Waals surface area contributed by atoms with E-state index in [4.69, 9.17) is 4.74 Å². The van der Waals surface area contributed by atoms with Crippen LogP contribution in [0, 0.1) is 5.92 Å². The van der Waals surface area contributed by atoms with Crippen LogP contribution in [0.4, 0.5) is 13.2 Å². The number of hydrogen-bond donors (Lipinski definition) is 0. The van der Waals surface area contributed by atoms with Crippen LogP contribution in [0.5, 0.6) is 11.6 Å². The Hall–Kier alpha value is -2.96. The van der Waals surface area contributed by atoms with Crippen LogP contribution in [0.15, 0.2) is 48.7 Å². The maximum atomic E-state index is 12.8. The summed E-state index contributed by atoms with van der Waals surface area (Å²) in [6, 6.07) is 10.7. The molecule has 0 saturated carbocycles. The van der Waals surface area contributed by atoms with Gasteiger partial charge in [-0.3, -0.25) is 4.79 Å². The molecular formula is C24H25F3N2O2. The molecule has 1 aromatic carbocycles. The van der Waals surface area contributed by atoms with Crippen LogP contribution in [-0.2, 0) is 6.18 Å². The van der Waals surface area contributed by atoms with Crippen LogP contribution in [0.1, 0.15) is 62.0 Å². The van der Waals surface area contributed by atoms with Crippen molar-refractivity contribution in [2.45, 2.75) is 52.1 Å². The van der Waals surface area contributed by atoms with Gasteiger partial charge < -0.3 is 4.74 Å². The Morgan fingerprint density at radius 2 is 1.87 bits per heavy atom. The van der Waals surface area contributed by atoms with Crippen molar-refractivity contribution in [3.8, 4) is 11.6 Å². The second-order valence-corrected chi connectivity index (χ2v) is 7.50. The van der Waals surface area contributed by atoms with Gasteiger partial charge >= 0.3 is 6.18 Å². The van der Waals surface area contributed by atoms with Gasteiger partial charge in [0, 0.05) is 23.6 Å². The summed E-state index contributed by atoms with van der Waals surface area (Å²) in [6.07, 6.45) is 1.22. The van der Waals surface area contributed by atoms with Crippen molar-refractivity contribution in [3.63, 3.8) is 0 Å². The lowest BCUT2D eigenvalue weighted by molar-refractivity contribution is -0.137. The Kier molecular flexibility index (Phi) is 7.25. The third-order valence-corrected chi connectivity index (χ3v) is 5.22. The number of Topliss-reactive ketones (excluding diaryl/α,β-unsaturated/α-hetero) is 1. The zero-order valence-electron chi connectivity index (χ0n) is 17.6. The van der Waals surface area contributed by atoms with Gasteiger partial charge in [0.25, 0.3) is 0 Å². The van der Waals surface area contributed by atoms with E-state index in [1.54, 1.807) is 30.3 Å². The average molecular weight is 430 g/mol. The molecule has 0 fully saturated rings. The van der Waals surface area contributed by atoms with Crippen LogP contribution in [0.25, 0.3) is 10.9 Å². The molecule has 0 aliphatic carbocycles. The summed E-state index contributed by atoms with van der Waals surface area (Å²) in [4.78, 5) is 21.1. The van der Waals surface area contributed by atoms with Gasteiger partial charge in [0.15, 0.2) is 5.78 Å². The zero-order valence-corrected chi connectivity index (χ0v) is 17.6. The molecule has 0 radical (unpaired) electrons. The van der Waals surface area contributed by atoms with Gasteiger partial charge in [-0.25, -0.2) is 9.97 Å². The molecule has 4 nitrogen and oxygen atoms in total. The quantitative estimate of drug-likeness (QED) is 0.265. The van der Waals surface area contributed by atoms with Crippen LogP contribution >= 0.6 is 0 Å². The number of hydrogen-bond acceptors (Lipinski definition) is 4. The number of pyridine rings is 2. The predicted octanol–water partition coefficient (Wildman–Crippen LogP) is 7.23. The molecule has 7 heteroatoms. The van der Waals surface area contributed by atoms with E-state index < -0.39 is 11.7 Å². The van der Waals surface area contributed by atoms with Crippen molar-refractivity contribution in [2.75, 3.05) is 0 Å². The van der Waals surface area contributed by atoms with E-state index in [9.17, 15) is 18.0 Å². The highest BCUT2D eigenvalue weighted by Crippen LogP contribution is 2.30. The summed E-state index contributed by atoms with van der Waals surface area (Å²) in [7, 11) is 0. The lowest BCUT2D eigenvalue weighted by Gasteiger charge is -2.13. The fourth-order valence-electron chi connectivity index (χ4n) is 3.40. The van der Waals surface area contributed by atoms with E-state index in [-0.39, 0.29) is 17.6 Å². The second-order valence-electron chi connectivity index (χ2n) is 7.50. The molecule has 0 bridgehead atoms. The molecule has 2 heterocycles. The molecule has 1 unspecified atom stereocenters. The summed E-state index contributed by atoms with van der Waals surface area (Å²) in [5.74, 6) is 0.524. The molecule has 0 aliphatic rings. The molecule has 0 aliphatic heterocycles. The van der Waals surface area contributed by atoms with Crippen LogP contribution < -0.4 is 4.74 Å². The van der Waals surface area contributed by atoms with E-state index >= 15 is 0 Å². The molecule has 0 spiro atoms. The monoisotopic (exact) mass is 430 g/mol. The van der Waals surface area contributed by atoms with Crippen molar-refractivity contribution in [1.82, 2.24) is 9.97 Å². The van der Waals surface area contributed by atoms with Crippen molar-refractivity contribution >= 4 is 16.7 Å². The highest BCUT2D eigenvalue weighted by molar-refractivity contribution is 5.98. The number of fused-ring (bicyclic) bond motifs is 1. The van der Waals surface area contributed by atoms with Gasteiger partial charge in [-0.15, -0.1) is 0 Å². The third kappa shape index (κ3) is 5.81. The van der Waals surface area contributed by atoms with Gasteiger partial charge in [0.2, 0.25) is 5.88 Å². The summed E-state index contributed by atoms with van der Waals surface area (Å²) in [5.41, 5.74) is 0.274. The SMILES string of the molecule is CCCCCC(CC)C(=O)c1ccc2cc(Oc3ccc(C(F)(F)F)cn3)ccc2n1. The Balaban J connectivity index is 1.74. The zero-order chi connectivity index (χ0) is 22.4. The Labute approximate surface area is 179 Å². The number of benzene rings is 1. The number of nitrogens with zero attached hydrogens (tertiary/aromatic N) is 2. The molecule has 3 aromatic rings. The molecule has 31 heavy (non-hydrogen) atoms. The molecule has 2 aromatic heterocycles. The Bertz CT molecular complexity index is 1030. The summed E-state index contributed by atoms with van der Waals surface area (Å²) in [5, 5.41) is 0.764. The molecule has 0 saturated heterocycles. The normalized spacial score (nSPS) is 12.7. The number of halogens is 3. The van der Waals surface area contributed by atoms with E-state index in [0.29, 0.717) is 17.0 Å². The molecule has 0 N–H and O–H groups in total. The van der Waals surface area contributed by atoms with Crippen molar-refractivity contribution in [2.24, 2.45) is 5.92 Å². The van der Waals surface area contributed by atoms with E-state index in [1.807, 2.05) is 6.92 Å².